The Hall–Kier alpha value is -4.60. The van der Waals surface area contributed by atoms with Crippen LogP contribution < -0.4 is 10.2 Å². The van der Waals surface area contributed by atoms with Gasteiger partial charge in [0.15, 0.2) is 11.3 Å². The third-order valence-corrected chi connectivity index (χ3v) is 7.72. The molecule has 5 aromatic rings. The Morgan fingerprint density at radius 1 is 0.739 bits per heavy atom. The summed E-state index contributed by atoms with van der Waals surface area (Å²) in [7, 11) is 0. The molecule has 230 valence electrons. The van der Waals surface area contributed by atoms with Gasteiger partial charge in [-0.05, 0) is 60.3 Å². The average Bonchev–Trinajstić information content (AvgIpc) is 3.08. The lowest BCUT2D eigenvalue weighted by Crippen LogP contribution is -2.61. The van der Waals surface area contributed by atoms with E-state index in [0.29, 0.717) is 22.3 Å². The van der Waals surface area contributed by atoms with Crippen molar-refractivity contribution in [3.63, 3.8) is 0 Å². The van der Waals surface area contributed by atoms with Gasteiger partial charge < -0.3 is 5.32 Å². The molecule has 0 spiro atoms. The Bertz CT molecular complexity index is 1900. The van der Waals surface area contributed by atoms with Gasteiger partial charge in [-0.15, -0.1) is 0 Å². The largest absolute Gasteiger partial charge is 0.338 e. The molecule has 0 radical (unpaired) electrons. The highest BCUT2D eigenvalue weighted by Crippen LogP contribution is 2.34. The molecule has 1 unspecified atom stereocenters. The number of aromatic nitrogens is 1. The number of imide groups is 1. The second-order valence-electron chi connectivity index (χ2n) is 9.88. The van der Waals surface area contributed by atoms with Crippen molar-refractivity contribution in [2.24, 2.45) is 0 Å². The summed E-state index contributed by atoms with van der Waals surface area (Å²) >= 11 is 25.3. The number of fused-ring (bicyclic) bond motifs is 1. The molecule has 7 nitrogen and oxygen atoms in total. The van der Waals surface area contributed by atoms with Crippen molar-refractivity contribution >= 4 is 92.5 Å². The van der Waals surface area contributed by atoms with Gasteiger partial charge in [0, 0.05) is 28.8 Å². The van der Waals surface area contributed by atoms with Crippen LogP contribution in [0.4, 0.5) is 5.69 Å². The van der Waals surface area contributed by atoms with E-state index in [1.807, 2.05) is 30.3 Å². The van der Waals surface area contributed by atoms with Crippen LogP contribution in [-0.4, -0.2) is 42.7 Å². The second-order valence-corrected chi connectivity index (χ2v) is 12.6. The van der Waals surface area contributed by atoms with Crippen molar-refractivity contribution in [3.05, 3.63) is 150 Å². The van der Waals surface area contributed by atoms with E-state index in [-0.39, 0.29) is 10.7 Å². The number of alkyl halides is 3. The van der Waals surface area contributed by atoms with E-state index in [2.05, 4.69) is 10.3 Å². The van der Waals surface area contributed by atoms with Crippen LogP contribution in [0.1, 0.15) is 26.3 Å². The first kappa shape index (κ1) is 32.8. The van der Waals surface area contributed by atoms with Gasteiger partial charge in [0.2, 0.25) is 3.79 Å². The summed E-state index contributed by atoms with van der Waals surface area (Å²) in [6.45, 7) is 0. The van der Waals surface area contributed by atoms with Crippen LogP contribution in [0.5, 0.6) is 0 Å². The molecule has 1 aromatic heterocycles. The molecule has 5 rings (SSSR count). The van der Waals surface area contributed by atoms with E-state index in [1.165, 1.54) is 29.2 Å². The van der Waals surface area contributed by atoms with Crippen LogP contribution in [0.15, 0.2) is 134 Å². The maximum Gasteiger partial charge on any atom is 0.264 e. The molecule has 1 atom stereocenters. The van der Waals surface area contributed by atoms with Crippen molar-refractivity contribution in [1.29, 1.82) is 0 Å². The molecule has 0 aliphatic carbocycles. The van der Waals surface area contributed by atoms with Crippen molar-refractivity contribution in [1.82, 2.24) is 15.2 Å². The van der Waals surface area contributed by atoms with E-state index in [0.717, 1.165) is 10.3 Å². The number of para-hydroxylation sites is 1. The standard InChI is InChI=1S/C35H25Cl3N4O3S/c36-35(37,38)33(42(32(45)27-16-8-3-9-17-27)29(43)22-21-24-12-4-1-5-13-24)40-34(46)41(31(44)26-14-6-2-7-15-26)28-20-10-18-25-19-11-23-39-30(25)28/h1-23,33H,(H,40,46)/b22-21+. The summed E-state index contributed by atoms with van der Waals surface area (Å²) in [6, 6.07) is 34.5. The van der Waals surface area contributed by atoms with Crippen molar-refractivity contribution in [2.45, 2.75) is 9.96 Å². The van der Waals surface area contributed by atoms with Crippen LogP contribution in [0, 0.1) is 0 Å². The molecule has 4 aromatic carbocycles. The lowest BCUT2D eigenvalue weighted by Gasteiger charge is -2.37. The maximum absolute atomic E-state index is 14.1. The van der Waals surface area contributed by atoms with Gasteiger partial charge in [-0.1, -0.05) is 120 Å². The summed E-state index contributed by atoms with van der Waals surface area (Å²) in [6.07, 6.45) is 2.66. The summed E-state index contributed by atoms with van der Waals surface area (Å²) in [5.41, 5.74) is 1.99. The smallest absolute Gasteiger partial charge is 0.264 e. The molecule has 46 heavy (non-hydrogen) atoms. The highest BCUT2D eigenvalue weighted by Gasteiger charge is 2.44. The quantitative estimate of drug-likeness (QED) is 0.0813. The van der Waals surface area contributed by atoms with Crippen LogP contribution in [0.3, 0.4) is 0 Å². The van der Waals surface area contributed by atoms with Crippen LogP contribution in [0.25, 0.3) is 17.0 Å². The zero-order valence-corrected chi connectivity index (χ0v) is 27.0. The van der Waals surface area contributed by atoms with Crippen molar-refractivity contribution in [3.8, 4) is 0 Å². The molecular weight excluding hydrogens is 663 g/mol. The van der Waals surface area contributed by atoms with Gasteiger partial charge in [-0.2, -0.15) is 0 Å². The molecule has 1 N–H and O–H groups in total. The lowest BCUT2D eigenvalue weighted by molar-refractivity contribution is -0.125. The number of hydrogen-bond donors (Lipinski definition) is 1. The summed E-state index contributed by atoms with van der Waals surface area (Å²) < 4.78 is -2.32. The van der Waals surface area contributed by atoms with E-state index < -0.39 is 27.7 Å². The number of halogens is 3. The van der Waals surface area contributed by atoms with Crippen molar-refractivity contribution < 1.29 is 14.4 Å². The molecule has 0 bridgehead atoms. The van der Waals surface area contributed by atoms with Gasteiger partial charge in [0.05, 0.1) is 11.2 Å². The number of nitrogens with one attached hydrogen (secondary N) is 1. The number of anilines is 1. The Labute approximate surface area is 286 Å². The van der Waals surface area contributed by atoms with Crippen LogP contribution >= 0.6 is 47.0 Å². The minimum atomic E-state index is -2.32. The molecular formula is C35H25Cl3N4O3S. The summed E-state index contributed by atoms with van der Waals surface area (Å²) in [4.78, 5) is 48.4. The number of nitrogens with zero attached hydrogens (tertiary/aromatic N) is 3. The fourth-order valence-corrected chi connectivity index (χ4v) is 5.39. The monoisotopic (exact) mass is 686 g/mol. The molecule has 3 amide bonds. The van der Waals surface area contributed by atoms with E-state index in [9.17, 15) is 14.4 Å². The summed E-state index contributed by atoms with van der Waals surface area (Å²) in [5, 5.41) is 3.37. The Balaban J connectivity index is 1.60. The minimum Gasteiger partial charge on any atom is -0.338 e. The number of hydrogen-bond acceptors (Lipinski definition) is 5. The SMILES string of the molecule is O=C(c1ccccc1)N(C(=S)NC(N(C(=O)/C=C/c1ccccc1)C(=O)c1ccccc1)C(Cl)(Cl)Cl)c1cccc2cccnc12. The predicted octanol–water partition coefficient (Wildman–Crippen LogP) is 7.83. The number of pyridine rings is 1. The zero-order valence-electron chi connectivity index (χ0n) is 24.0. The number of carbonyl (C=O) groups is 3. The van der Waals surface area contributed by atoms with Crippen LogP contribution in [-0.2, 0) is 4.79 Å². The van der Waals surface area contributed by atoms with E-state index in [1.54, 1.807) is 85.1 Å². The molecule has 0 aliphatic heterocycles. The molecule has 0 fully saturated rings. The van der Waals surface area contributed by atoms with E-state index in [4.69, 9.17) is 47.0 Å². The van der Waals surface area contributed by atoms with Gasteiger partial charge in [0.25, 0.3) is 17.7 Å². The molecule has 1 heterocycles. The van der Waals surface area contributed by atoms with Gasteiger partial charge in [-0.25, -0.2) is 4.90 Å². The first-order valence-electron chi connectivity index (χ1n) is 13.9. The highest BCUT2D eigenvalue weighted by atomic mass is 35.6. The third kappa shape index (κ3) is 7.61. The number of benzene rings is 4. The highest BCUT2D eigenvalue weighted by molar-refractivity contribution is 7.80. The minimum absolute atomic E-state index is 0.159. The Morgan fingerprint density at radius 3 is 1.91 bits per heavy atom. The Kier molecular flexibility index (Phi) is 10.4. The molecule has 11 heteroatoms. The van der Waals surface area contributed by atoms with Gasteiger partial charge >= 0.3 is 0 Å². The van der Waals surface area contributed by atoms with Gasteiger partial charge in [0.1, 0.15) is 0 Å². The van der Waals surface area contributed by atoms with Crippen LogP contribution in [0.2, 0.25) is 0 Å². The predicted molar refractivity (Wildman–Crippen MR) is 188 cm³/mol. The number of rotatable bonds is 7. The maximum atomic E-state index is 14.1. The number of amides is 3. The lowest BCUT2D eigenvalue weighted by atomic mass is 10.1. The number of carbonyl (C=O) groups excluding carboxylic acids is 3. The normalized spacial score (nSPS) is 12.0. The molecule has 0 saturated carbocycles. The fraction of sp³-hybridized carbons (Fsp3) is 0.0571. The first-order valence-corrected chi connectivity index (χ1v) is 15.5. The van der Waals surface area contributed by atoms with Crippen molar-refractivity contribution in [2.75, 3.05) is 4.90 Å². The zero-order chi connectivity index (χ0) is 32.7. The first-order chi connectivity index (χ1) is 22.1. The number of thiocarbonyl (C=S) groups is 1. The average molecular weight is 688 g/mol. The Morgan fingerprint density at radius 2 is 1.30 bits per heavy atom. The molecule has 0 aliphatic rings. The summed E-state index contributed by atoms with van der Waals surface area (Å²) in [5.74, 6) is -2.07. The second kappa shape index (κ2) is 14.7. The van der Waals surface area contributed by atoms with E-state index >= 15 is 0 Å². The third-order valence-electron chi connectivity index (χ3n) is 6.80. The molecule has 0 saturated heterocycles. The van der Waals surface area contributed by atoms with Gasteiger partial charge in [-0.3, -0.25) is 24.3 Å². The topological polar surface area (TPSA) is 82.6 Å². The fourth-order valence-electron chi connectivity index (χ4n) is 4.64.